The second-order valence-corrected chi connectivity index (χ2v) is 4.87. The smallest absolute Gasteiger partial charge is 0.366 e. The number of carbonyl (C=O) groups is 1. The second-order valence-electron chi connectivity index (χ2n) is 4.87. The van der Waals surface area contributed by atoms with Crippen LogP contribution in [0, 0.1) is 0 Å². The number of amides is 1. The Kier molecular flexibility index (Phi) is 5.19. The predicted octanol–water partition coefficient (Wildman–Crippen LogP) is 2.11. The zero-order valence-corrected chi connectivity index (χ0v) is 11.4. The second kappa shape index (κ2) is 6.91. The van der Waals surface area contributed by atoms with E-state index in [0.29, 0.717) is 30.9 Å². The Balaban J connectivity index is 1.92. The Morgan fingerprint density at radius 1 is 1.43 bits per heavy atom. The van der Waals surface area contributed by atoms with Crippen molar-refractivity contribution in [2.45, 2.75) is 25.1 Å². The van der Waals surface area contributed by atoms with Crippen molar-refractivity contribution in [2.24, 2.45) is 0 Å². The maximum Gasteiger partial charge on any atom is 0.389 e. The van der Waals surface area contributed by atoms with E-state index in [0.717, 1.165) is 0 Å². The van der Waals surface area contributed by atoms with Gasteiger partial charge >= 0.3 is 6.18 Å². The molecular formula is C14H17F3N2O2. The minimum absolute atomic E-state index is 0.102. The van der Waals surface area contributed by atoms with Crippen molar-refractivity contribution in [3.05, 3.63) is 29.8 Å². The molecule has 7 heteroatoms. The standard InChI is InChI=1S/C14H17F3N2O2/c15-14(16,17)5-4-10-2-1-3-11(8-10)19-13(20)12-9-18-6-7-21-12/h1-3,8,12,18H,4-7,9H2,(H,19,20). The lowest BCUT2D eigenvalue weighted by atomic mass is 10.1. The van der Waals surface area contributed by atoms with Crippen molar-refractivity contribution >= 4 is 11.6 Å². The molecule has 0 saturated carbocycles. The fourth-order valence-corrected chi connectivity index (χ4v) is 2.05. The molecule has 1 heterocycles. The Bertz CT molecular complexity index is 485. The predicted molar refractivity (Wildman–Crippen MR) is 72.1 cm³/mol. The van der Waals surface area contributed by atoms with E-state index in [4.69, 9.17) is 4.74 Å². The zero-order chi connectivity index (χ0) is 15.3. The molecule has 2 N–H and O–H groups in total. The van der Waals surface area contributed by atoms with E-state index in [2.05, 4.69) is 10.6 Å². The quantitative estimate of drug-likeness (QED) is 0.895. The number of ether oxygens (including phenoxy) is 1. The van der Waals surface area contributed by atoms with E-state index < -0.39 is 18.7 Å². The molecule has 1 fully saturated rings. The van der Waals surface area contributed by atoms with Gasteiger partial charge in [0.15, 0.2) is 0 Å². The highest BCUT2D eigenvalue weighted by atomic mass is 19.4. The Labute approximate surface area is 120 Å². The number of hydrogen-bond donors (Lipinski definition) is 2. The van der Waals surface area contributed by atoms with Gasteiger partial charge < -0.3 is 15.4 Å². The van der Waals surface area contributed by atoms with Gasteiger partial charge in [-0.05, 0) is 24.1 Å². The third kappa shape index (κ3) is 5.35. The Morgan fingerprint density at radius 2 is 2.24 bits per heavy atom. The number of morpholine rings is 1. The van der Waals surface area contributed by atoms with E-state index in [9.17, 15) is 18.0 Å². The van der Waals surface area contributed by atoms with Crippen LogP contribution in [0.4, 0.5) is 18.9 Å². The highest BCUT2D eigenvalue weighted by molar-refractivity contribution is 5.94. The fraction of sp³-hybridized carbons (Fsp3) is 0.500. The van der Waals surface area contributed by atoms with Crippen LogP contribution in [0.25, 0.3) is 0 Å². The van der Waals surface area contributed by atoms with Crippen molar-refractivity contribution in [2.75, 3.05) is 25.0 Å². The van der Waals surface area contributed by atoms with Crippen LogP contribution in [0.2, 0.25) is 0 Å². The van der Waals surface area contributed by atoms with Gasteiger partial charge in [-0.1, -0.05) is 12.1 Å². The molecule has 0 radical (unpaired) electrons. The van der Waals surface area contributed by atoms with Crippen molar-refractivity contribution in [3.8, 4) is 0 Å². The molecule has 1 atom stereocenters. The molecule has 1 unspecified atom stereocenters. The Morgan fingerprint density at radius 3 is 2.90 bits per heavy atom. The van der Waals surface area contributed by atoms with Crippen molar-refractivity contribution in [1.29, 1.82) is 0 Å². The third-order valence-corrected chi connectivity index (χ3v) is 3.11. The summed E-state index contributed by atoms with van der Waals surface area (Å²) in [6, 6.07) is 6.44. The number of aryl methyl sites for hydroxylation is 1. The number of carbonyl (C=O) groups excluding carboxylic acids is 1. The summed E-state index contributed by atoms with van der Waals surface area (Å²) in [6.07, 6.45) is -5.73. The van der Waals surface area contributed by atoms with E-state index in [1.807, 2.05) is 0 Å². The molecule has 0 aromatic heterocycles. The first kappa shape index (κ1) is 15.8. The monoisotopic (exact) mass is 302 g/mol. The van der Waals surface area contributed by atoms with Gasteiger partial charge in [-0.25, -0.2) is 0 Å². The largest absolute Gasteiger partial charge is 0.389 e. The van der Waals surface area contributed by atoms with Gasteiger partial charge in [-0.3, -0.25) is 4.79 Å². The van der Waals surface area contributed by atoms with Gasteiger partial charge in [0.25, 0.3) is 5.91 Å². The molecule has 4 nitrogen and oxygen atoms in total. The molecule has 1 aromatic rings. The number of rotatable bonds is 4. The first-order valence-electron chi connectivity index (χ1n) is 6.73. The number of benzene rings is 1. The molecule has 1 aromatic carbocycles. The summed E-state index contributed by atoms with van der Waals surface area (Å²) in [6.45, 7) is 1.60. The van der Waals surface area contributed by atoms with Crippen molar-refractivity contribution < 1.29 is 22.7 Å². The molecule has 116 valence electrons. The summed E-state index contributed by atoms with van der Waals surface area (Å²) in [5, 5.41) is 5.70. The maximum absolute atomic E-state index is 12.2. The number of halogens is 3. The molecule has 1 aliphatic heterocycles. The number of nitrogens with one attached hydrogen (secondary N) is 2. The van der Waals surface area contributed by atoms with E-state index in [1.165, 1.54) is 0 Å². The lowest BCUT2D eigenvalue weighted by Gasteiger charge is -2.22. The van der Waals surface area contributed by atoms with E-state index in [-0.39, 0.29) is 12.3 Å². The maximum atomic E-state index is 12.2. The normalized spacial score (nSPS) is 19.3. The molecule has 1 amide bonds. The average molecular weight is 302 g/mol. The lowest BCUT2D eigenvalue weighted by molar-refractivity contribution is -0.134. The molecule has 1 saturated heterocycles. The first-order chi connectivity index (χ1) is 9.94. The highest BCUT2D eigenvalue weighted by Gasteiger charge is 2.26. The fourth-order valence-electron chi connectivity index (χ4n) is 2.05. The van der Waals surface area contributed by atoms with Crippen LogP contribution in [0.5, 0.6) is 0 Å². The molecule has 0 bridgehead atoms. The summed E-state index contributed by atoms with van der Waals surface area (Å²) in [5.41, 5.74) is 1.02. The number of anilines is 1. The van der Waals surface area contributed by atoms with Gasteiger partial charge in [-0.2, -0.15) is 13.2 Å². The van der Waals surface area contributed by atoms with Gasteiger partial charge in [0, 0.05) is 25.2 Å². The van der Waals surface area contributed by atoms with Crippen LogP contribution in [0.3, 0.4) is 0 Å². The van der Waals surface area contributed by atoms with Crippen molar-refractivity contribution in [1.82, 2.24) is 5.32 Å². The van der Waals surface area contributed by atoms with Crippen LogP contribution < -0.4 is 10.6 Å². The SMILES string of the molecule is O=C(Nc1cccc(CCC(F)(F)F)c1)C1CNCCO1. The Hall–Kier alpha value is -1.60. The van der Waals surface area contributed by atoms with E-state index >= 15 is 0 Å². The summed E-state index contributed by atoms with van der Waals surface area (Å²) in [5.74, 6) is -0.296. The topological polar surface area (TPSA) is 50.4 Å². The summed E-state index contributed by atoms with van der Waals surface area (Å²) in [7, 11) is 0. The summed E-state index contributed by atoms with van der Waals surface area (Å²) in [4.78, 5) is 11.9. The zero-order valence-electron chi connectivity index (χ0n) is 11.4. The van der Waals surface area contributed by atoms with Crippen molar-refractivity contribution in [3.63, 3.8) is 0 Å². The third-order valence-electron chi connectivity index (χ3n) is 3.11. The van der Waals surface area contributed by atoms with Crippen LogP contribution in [-0.2, 0) is 16.0 Å². The van der Waals surface area contributed by atoms with Gasteiger partial charge in [0.1, 0.15) is 6.10 Å². The van der Waals surface area contributed by atoms with Crippen LogP contribution in [0.1, 0.15) is 12.0 Å². The lowest BCUT2D eigenvalue weighted by Crippen LogP contribution is -2.45. The molecular weight excluding hydrogens is 285 g/mol. The first-order valence-corrected chi connectivity index (χ1v) is 6.73. The van der Waals surface area contributed by atoms with E-state index in [1.54, 1.807) is 24.3 Å². The molecule has 2 rings (SSSR count). The average Bonchev–Trinajstić information content (AvgIpc) is 2.46. The van der Waals surface area contributed by atoms with Crippen LogP contribution in [-0.4, -0.2) is 37.9 Å². The highest BCUT2D eigenvalue weighted by Crippen LogP contribution is 2.23. The summed E-state index contributed by atoms with van der Waals surface area (Å²) < 4.78 is 41.9. The minimum Gasteiger partial charge on any atom is -0.366 e. The van der Waals surface area contributed by atoms with Gasteiger partial charge in [-0.15, -0.1) is 0 Å². The molecule has 0 aliphatic carbocycles. The summed E-state index contributed by atoms with van der Waals surface area (Å²) >= 11 is 0. The van der Waals surface area contributed by atoms with Crippen LogP contribution >= 0.6 is 0 Å². The molecule has 21 heavy (non-hydrogen) atoms. The molecule has 0 spiro atoms. The van der Waals surface area contributed by atoms with Crippen LogP contribution in [0.15, 0.2) is 24.3 Å². The number of hydrogen-bond acceptors (Lipinski definition) is 3. The number of alkyl halides is 3. The van der Waals surface area contributed by atoms with Gasteiger partial charge in [0.2, 0.25) is 0 Å². The van der Waals surface area contributed by atoms with Gasteiger partial charge in [0.05, 0.1) is 6.61 Å². The molecule has 1 aliphatic rings. The minimum atomic E-state index is -4.18.